The number of nitrogens with one attached hydrogen (secondary N) is 1. The summed E-state index contributed by atoms with van der Waals surface area (Å²) in [4.78, 5) is 0. The summed E-state index contributed by atoms with van der Waals surface area (Å²) in [6.07, 6.45) is 0.804. The topological polar surface area (TPSA) is 21.3 Å². The van der Waals surface area contributed by atoms with Gasteiger partial charge in [-0.1, -0.05) is 31.2 Å². The van der Waals surface area contributed by atoms with Crippen molar-refractivity contribution in [2.24, 2.45) is 0 Å². The molecule has 0 saturated heterocycles. The van der Waals surface area contributed by atoms with E-state index in [-0.39, 0.29) is 11.9 Å². The van der Waals surface area contributed by atoms with Crippen LogP contribution < -0.4 is 10.1 Å². The SMILES string of the molecule is CCC(Nc1cccc(OC)c1)c1ccccc1F. The summed E-state index contributed by atoms with van der Waals surface area (Å²) in [7, 11) is 1.63. The lowest BCUT2D eigenvalue weighted by atomic mass is 10.0. The maximum atomic E-state index is 13.8. The zero-order valence-corrected chi connectivity index (χ0v) is 11.2. The van der Waals surface area contributed by atoms with E-state index < -0.39 is 0 Å². The van der Waals surface area contributed by atoms with Crippen LogP contribution in [0.25, 0.3) is 0 Å². The van der Waals surface area contributed by atoms with Gasteiger partial charge in [0, 0.05) is 17.3 Å². The molecule has 2 aromatic rings. The predicted molar refractivity (Wildman–Crippen MR) is 76.0 cm³/mol. The summed E-state index contributed by atoms with van der Waals surface area (Å²) >= 11 is 0. The molecule has 0 saturated carbocycles. The maximum Gasteiger partial charge on any atom is 0.128 e. The quantitative estimate of drug-likeness (QED) is 0.859. The molecule has 1 N–H and O–H groups in total. The Kier molecular flexibility index (Phi) is 4.39. The number of rotatable bonds is 5. The van der Waals surface area contributed by atoms with Crippen molar-refractivity contribution >= 4 is 5.69 Å². The summed E-state index contributed by atoms with van der Waals surface area (Å²) in [5.41, 5.74) is 1.61. The number of hydrogen-bond acceptors (Lipinski definition) is 2. The zero-order valence-electron chi connectivity index (χ0n) is 11.2. The van der Waals surface area contributed by atoms with Crippen molar-refractivity contribution in [2.45, 2.75) is 19.4 Å². The Balaban J connectivity index is 2.21. The van der Waals surface area contributed by atoms with Crippen LogP contribution in [0.4, 0.5) is 10.1 Å². The van der Waals surface area contributed by atoms with Gasteiger partial charge in [-0.3, -0.25) is 0 Å². The summed E-state index contributed by atoms with van der Waals surface area (Å²) in [5.74, 6) is 0.609. The smallest absolute Gasteiger partial charge is 0.128 e. The molecular weight excluding hydrogens is 241 g/mol. The molecule has 2 nitrogen and oxygen atoms in total. The van der Waals surface area contributed by atoms with E-state index in [1.807, 2.05) is 43.3 Å². The van der Waals surface area contributed by atoms with Gasteiger partial charge in [-0.05, 0) is 24.6 Å². The number of hydrogen-bond donors (Lipinski definition) is 1. The van der Waals surface area contributed by atoms with Crippen molar-refractivity contribution in [1.29, 1.82) is 0 Å². The summed E-state index contributed by atoms with van der Waals surface area (Å²) in [6, 6.07) is 14.5. The van der Waals surface area contributed by atoms with Crippen LogP contribution in [0.1, 0.15) is 24.9 Å². The van der Waals surface area contributed by atoms with Gasteiger partial charge in [0.05, 0.1) is 13.2 Å². The molecule has 2 rings (SSSR count). The molecule has 3 heteroatoms. The molecule has 0 amide bonds. The van der Waals surface area contributed by atoms with Crippen LogP contribution in [0.15, 0.2) is 48.5 Å². The second kappa shape index (κ2) is 6.23. The highest BCUT2D eigenvalue weighted by Crippen LogP contribution is 2.26. The minimum atomic E-state index is -0.176. The summed E-state index contributed by atoms with van der Waals surface area (Å²) in [5, 5.41) is 3.34. The second-order valence-corrected chi connectivity index (χ2v) is 4.36. The number of anilines is 1. The fraction of sp³-hybridized carbons (Fsp3) is 0.250. The van der Waals surface area contributed by atoms with E-state index in [0.29, 0.717) is 5.56 Å². The minimum absolute atomic E-state index is 0.0479. The first-order valence-corrected chi connectivity index (χ1v) is 6.39. The molecule has 0 bridgehead atoms. The molecule has 0 aromatic heterocycles. The monoisotopic (exact) mass is 259 g/mol. The lowest BCUT2D eigenvalue weighted by molar-refractivity contribution is 0.415. The molecule has 0 aliphatic carbocycles. The minimum Gasteiger partial charge on any atom is -0.497 e. The standard InChI is InChI=1S/C16H18FNO/c1-3-16(14-9-4-5-10-15(14)17)18-12-7-6-8-13(11-12)19-2/h4-11,16,18H,3H2,1-2H3. The first-order chi connectivity index (χ1) is 9.24. The van der Waals surface area contributed by atoms with Gasteiger partial charge in [-0.15, -0.1) is 0 Å². The molecule has 0 spiro atoms. The normalized spacial score (nSPS) is 11.9. The van der Waals surface area contributed by atoms with Crippen LogP contribution in [0.3, 0.4) is 0 Å². The van der Waals surface area contributed by atoms with E-state index in [1.165, 1.54) is 6.07 Å². The Bertz CT molecular complexity index is 542. The number of halogens is 1. The Morgan fingerprint density at radius 3 is 2.63 bits per heavy atom. The van der Waals surface area contributed by atoms with E-state index in [0.717, 1.165) is 17.9 Å². The van der Waals surface area contributed by atoms with Gasteiger partial charge in [0.1, 0.15) is 11.6 Å². The van der Waals surface area contributed by atoms with Crippen molar-refractivity contribution in [3.63, 3.8) is 0 Å². The third kappa shape index (κ3) is 3.25. The molecule has 0 aliphatic rings. The molecule has 1 atom stereocenters. The molecule has 100 valence electrons. The molecule has 0 radical (unpaired) electrons. The van der Waals surface area contributed by atoms with Crippen LogP contribution in [0, 0.1) is 5.82 Å². The van der Waals surface area contributed by atoms with E-state index in [4.69, 9.17) is 4.74 Å². The highest BCUT2D eigenvalue weighted by molar-refractivity contribution is 5.50. The predicted octanol–water partition coefficient (Wildman–Crippen LogP) is 4.40. The van der Waals surface area contributed by atoms with Crippen molar-refractivity contribution in [3.05, 3.63) is 59.9 Å². The Morgan fingerprint density at radius 1 is 1.16 bits per heavy atom. The van der Waals surface area contributed by atoms with Gasteiger partial charge in [0.15, 0.2) is 0 Å². The van der Waals surface area contributed by atoms with Crippen molar-refractivity contribution in [3.8, 4) is 5.75 Å². The van der Waals surface area contributed by atoms with Crippen LogP contribution in [0.5, 0.6) is 5.75 Å². The number of ether oxygens (including phenoxy) is 1. The summed E-state index contributed by atoms with van der Waals surface area (Å²) < 4.78 is 19.0. The molecule has 19 heavy (non-hydrogen) atoms. The molecule has 0 fully saturated rings. The van der Waals surface area contributed by atoms with E-state index >= 15 is 0 Å². The van der Waals surface area contributed by atoms with Gasteiger partial charge in [0.25, 0.3) is 0 Å². The van der Waals surface area contributed by atoms with E-state index in [1.54, 1.807) is 13.2 Å². The van der Waals surface area contributed by atoms with E-state index in [9.17, 15) is 4.39 Å². The third-order valence-corrected chi connectivity index (χ3v) is 3.10. The van der Waals surface area contributed by atoms with Gasteiger partial charge in [-0.2, -0.15) is 0 Å². The van der Waals surface area contributed by atoms with Crippen LogP contribution >= 0.6 is 0 Å². The van der Waals surface area contributed by atoms with Crippen molar-refractivity contribution in [1.82, 2.24) is 0 Å². The average molecular weight is 259 g/mol. The zero-order chi connectivity index (χ0) is 13.7. The summed E-state index contributed by atoms with van der Waals surface area (Å²) in [6.45, 7) is 2.03. The van der Waals surface area contributed by atoms with Crippen LogP contribution in [-0.4, -0.2) is 7.11 Å². The largest absolute Gasteiger partial charge is 0.497 e. The van der Waals surface area contributed by atoms with Gasteiger partial charge < -0.3 is 10.1 Å². The molecule has 0 aliphatic heterocycles. The van der Waals surface area contributed by atoms with Crippen LogP contribution in [0.2, 0.25) is 0 Å². The lowest BCUT2D eigenvalue weighted by Gasteiger charge is -2.19. The maximum absolute atomic E-state index is 13.8. The van der Waals surface area contributed by atoms with Gasteiger partial charge >= 0.3 is 0 Å². The molecule has 1 unspecified atom stereocenters. The first kappa shape index (κ1) is 13.4. The van der Waals surface area contributed by atoms with Crippen LogP contribution in [-0.2, 0) is 0 Å². The van der Waals surface area contributed by atoms with E-state index in [2.05, 4.69) is 5.32 Å². The number of methoxy groups -OCH3 is 1. The molecule has 0 heterocycles. The Morgan fingerprint density at radius 2 is 1.95 bits per heavy atom. The highest BCUT2D eigenvalue weighted by Gasteiger charge is 2.13. The van der Waals surface area contributed by atoms with Gasteiger partial charge in [-0.25, -0.2) is 4.39 Å². The Hall–Kier alpha value is -2.03. The molecular formula is C16H18FNO. The average Bonchev–Trinajstić information content (AvgIpc) is 2.46. The lowest BCUT2D eigenvalue weighted by Crippen LogP contribution is -2.11. The van der Waals surface area contributed by atoms with Crippen molar-refractivity contribution in [2.75, 3.05) is 12.4 Å². The Labute approximate surface area is 113 Å². The van der Waals surface area contributed by atoms with Gasteiger partial charge in [0.2, 0.25) is 0 Å². The second-order valence-electron chi connectivity index (χ2n) is 4.36. The first-order valence-electron chi connectivity index (χ1n) is 6.39. The molecule has 2 aromatic carbocycles. The fourth-order valence-electron chi connectivity index (χ4n) is 2.07. The third-order valence-electron chi connectivity index (χ3n) is 3.10. The number of benzene rings is 2. The van der Waals surface area contributed by atoms with Crippen molar-refractivity contribution < 1.29 is 9.13 Å². The fourth-order valence-corrected chi connectivity index (χ4v) is 2.07. The highest BCUT2D eigenvalue weighted by atomic mass is 19.1.